The van der Waals surface area contributed by atoms with Gasteiger partial charge in [0.05, 0.1) is 23.0 Å². The number of imide groups is 1. The molecule has 0 unspecified atom stereocenters. The lowest BCUT2D eigenvalue weighted by Gasteiger charge is -2.14. The molecule has 1 aliphatic heterocycles. The molecule has 0 saturated carbocycles. The highest BCUT2D eigenvalue weighted by atomic mass is 79.9. The van der Waals surface area contributed by atoms with Crippen LogP contribution in [0, 0.1) is 15.9 Å². The molecule has 1 heterocycles. The first-order valence-corrected chi connectivity index (χ1v) is 12.7. The molecule has 0 aliphatic carbocycles. The van der Waals surface area contributed by atoms with Crippen LogP contribution in [0.2, 0.25) is 0 Å². The van der Waals surface area contributed by atoms with Gasteiger partial charge >= 0.3 is 0 Å². The maximum atomic E-state index is 13.2. The standard InChI is InChI=1S/C26H20BrFN2O6S/c1-2-35-22-11-18(21(27)13-23(22)36-15-16-6-8-19(28)9-7-16)12-24-25(31)29(26(32)37-24)14-17-4-3-5-20(10-17)30(33)34/h3-13H,2,14-15H2,1H3/b24-12+. The van der Waals surface area contributed by atoms with Gasteiger partial charge in [0, 0.05) is 16.6 Å². The van der Waals surface area contributed by atoms with Crippen LogP contribution in [0.5, 0.6) is 11.5 Å². The topological polar surface area (TPSA) is 99.0 Å². The molecule has 0 N–H and O–H groups in total. The van der Waals surface area contributed by atoms with E-state index in [0.29, 0.717) is 33.7 Å². The van der Waals surface area contributed by atoms with E-state index < -0.39 is 16.1 Å². The SMILES string of the molecule is CCOc1cc(/C=C2/SC(=O)N(Cc3cccc([N+](=O)[O-])c3)C2=O)c(Br)cc1OCc1ccc(F)cc1. The zero-order valence-electron chi connectivity index (χ0n) is 19.5. The Morgan fingerprint density at radius 2 is 1.78 bits per heavy atom. The van der Waals surface area contributed by atoms with Gasteiger partial charge in [-0.05, 0) is 65.7 Å². The molecular weight excluding hydrogens is 567 g/mol. The van der Waals surface area contributed by atoms with Crippen molar-refractivity contribution in [1.82, 2.24) is 4.90 Å². The van der Waals surface area contributed by atoms with Crippen molar-refractivity contribution in [1.29, 1.82) is 0 Å². The summed E-state index contributed by atoms with van der Waals surface area (Å²) in [5, 5.41) is 10.6. The summed E-state index contributed by atoms with van der Waals surface area (Å²) in [6.07, 6.45) is 1.58. The van der Waals surface area contributed by atoms with Crippen LogP contribution in [-0.2, 0) is 17.9 Å². The number of ether oxygens (including phenoxy) is 2. The first-order chi connectivity index (χ1) is 17.7. The summed E-state index contributed by atoms with van der Waals surface area (Å²) in [7, 11) is 0. The van der Waals surface area contributed by atoms with E-state index in [2.05, 4.69) is 15.9 Å². The van der Waals surface area contributed by atoms with Crippen molar-refractivity contribution < 1.29 is 28.4 Å². The molecule has 1 saturated heterocycles. The van der Waals surface area contributed by atoms with Gasteiger partial charge < -0.3 is 9.47 Å². The summed E-state index contributed by atoms with van der Waals surface area (Å²) < 4.78 is 25.4. The van der Waals surface area contributed by atoms with Gasteiger partial charge in [0.25, 0.3) is 16.8 Å². The lowest BCUT2D eigenvalue weighted by molar-refractivity contribution is -0.384. The average molecular weight is 587 g/mol. The lowest BCUT2D eigenvalue weighted by atomic mass is 10.1. The molecule has 0 bridgehead atoms. The summed E-state index contributed by atoms with van der Waals surface area (Å²) in [6.45, 7) is 2.31. The van der Waals surface area contributed by atoms with Gasteiger partial charge in [-0.15, -0.1) is 0 Å². The molecule has 1 aliphatic rings. The number of benzene rings is 3. The van der Waals surface area contributed by atoms with E-state index in [1.54, 1.807) is 36.4 Å². The lowest BCUT2D eigenvalue weighted by Crippen LogP contribution is -2.27. The predicted octanol–water partition coefficient (Wildman–Crippen LogP) is 6.71. The van der Waals surface area contributed by atoms with Crippen molar-refractivity contribution in [3.8, 4) is 11.5 Å². The molecular formula is C26H20BrFN2O6S. The number of hydrogen-bond donors (Lipinski definition) is 0. The first-order valence-electron chi connectivity index (χ1n) is 11.1. The van der Waals surface area contributed by atoms with Gasteiger partial charge in [0.1, 0.15) is 12.4 Å². The Balaban J connectivity index is 1.54. The second-order valence-electron chi connectivity index (χ2n) is 7.86. The van der Waals surface area contributed by atoms with Gasteiger partial charge in [0.15, 0.2) is 11.5 Å². The molecule has 0 aromatic heterocycles. The number of carbonyl (C=O) groups is 2. The fourth-order valence-electron chi connectivity index (χ4n) is 3.51. The van der Waals surface area contributed by atoms with Gasteiger partial charge in [-0.1, -0.05) is 40.2 Å². The number of hydrogen-bond acceptors (Lipinski definition) is 7. The van der Waals surface area contributed by atoms with Crippen LogP contribution in [0.3, 0.4) is 0 Å². The molecule has 37 heavy (non-hydrogen) atoms. The minimum absolute atomic E-state index is 0.0782. The van der Waals surface area contributed by atoms with Crippen LogP contribution in [0.4, 0.5) is 14.9 Å². The highest BCUT2D eigenvalue weighted by molar-refractivity contribution is 9.10. The van der Waals surface area contributed by atoms with Gasteiger partial charge in [-0.3, -0.25) is 24.6 Å². The summed E-state index contributed by atoms with van der Waals surface area (Å²) in [6, 6.07) is 15.2. The number of nitro benzene ring substituents is 1. The van der Waals surface area contributed by atoms with Crippen molar-refractivity contribution in [2.45, 2.75) is 20.1 Å². The fourth-order valence-corrected chi connectivity index (χ4v) is 4.78. The number of non-ortho nitro benzene ring substituents is 1. The Morgan fingerprint density at radius 1 is 1.05 bits per heavy atom. The molecule has 3 aromatic carbocycles. The predicted molar refractivity (Wildman–Crippen MR) is 141 cm³/mol. The zero-order valence-corrected chi connectivity index (χ0v) is 21.9. The molecule has 2 amide bonds. The van der Waals surface area contributed by atoms with E-state index in [4.69, 9.17) is 9.47 Å². The molecule has 0 atom stereocenters. The molecule has 4 rings (SSSR count). The Morgan fingerprint density at radius 3 is 2.49 bits per heavy atom. The Bertz CT molecular complexity index is 1400. The van der Waals surface area contributed by atoms with E-state index in [1.807, 2.05) is 6.92 Å². The molecule has 3 aromatic rings. The number of nitrogens with zero attached hydrogens (tertiary/aromatic N) is 2. The Kier molecular flexibility index (Phi) is 8.24. The number of halogens is 2. The normalized spacial score (nSPS) is 14.4. The number of rotatable bonds is 9. The van der Waals surface area contributed by atoms with E-state index in [0.717, 1.165) is 22.2 Å². The molecule has 0 spiro atoms. The highest BCUT2D eigenvalue weighted by Gasteiger charge is 2.35. The second-order valence-corrected chi connectivity index (χ2v) is 9.71. The summed E-state index contributed by atoms with van der Waals surface area (Å²) >= 11 is 4.28. The zero-order chi connectivity index (χ0) is 26.5. The average Bonchev–Trinajstić information content (AvgIpc) is 3.13. The van der Waals surface area contributed by atoms with E-state index in [-0.39, 0.29) is 29.6 Å². The summed E-state index contributed by atoms with van der Waals surface area (Å²) in [4.78, 5) is 37.3. The Labute approximate surface area is 224 Å². The van der Waals surface area contributed by atoms with Crippen LogP contribution >= 0.6 is 27.7 Å². The minimum atomic E-state index is -0.530. The fraction of sp³-hybridized carbons (Fsp3) is 0.154. The maximum Gasteiger partial charge on any atom is 0.293 e. The smallest absolute Gasteiger partial charge is 0.293 e. The third-order valence-electron chi connectivity index (χ3n) is 5.29. The van der Waals surface area contributed by atoms with Crippen molar-refractivity contribution in [2.75, 3.05) is 6.61 Å². The summed E-state index contributed by atoms with van der Waals surface area (Å²) in [5.41, 5.74) is 1.73. The van der Waals surface area contributed by atoms with Crippen molar-refractivity contribution in [2.24, 2.45) is 0 Å². The Hall–Kier alpha value is -3.70. The van der Waals surface area contributed by atoms with Crippen molar-refractivity contribution >= 4 is 50.6 Å². The van der Waals surface area contributed by atoms with Gasteiger partial charge in [-0.25, -0.2) is 4.39 Å². The van der Waals surface area contributed by atoms with Crippen molar-refractivity contribution in [3.63, 3.8) is 0 Å². The van der Waals surface area contributed by atoms with E-state index in [1.165, 1.54) is 30.3 Å². The van der Waals surface area contributed by atoms with Crippen LogP contribution in [0.25, 0.3) is 6.08 Å². The molecule has 11 heteroatoms. The number of nitro groups is 1. The maximum absolute atomic E-state index is 13.2. The number of carbonyl (C=O) groups excluding carboxylic acids is 2. The molecule has 1 fully saturated rings. The van der Waals surface area contributed by atoms with Gasteiger partial charge in [0.2, 0.25) is 0 Å². The molecule has 8 nitrogen and oxygen atoms in total. The van der Waals surface area contributed by atoms with Crippen LogP contribution < -0.4 is 9.47 Å². The molecule has 0 radical (unpaired) electrons. The third kappa shape index (κ3) is 6.36. The van der Waals surface area contributed by atoms with Crippen LogP contribution in [0.15, 0.2) is 70.0 Å². The molecule has 190 valence electrons. The third-order valence-corrected chi connectivity index (χ3v) is 6.89. The number of amides is 2. The largest absolute Gasteiger partial charge is 0.490 e. The quantitative estimate of drug-likeness (QED) is 0.156. The van der Waals surface area contributed by atoms with Crippen LogP contribution in [-0.4, -0.2) is 27.6 Å². The van der Waals surface area contributed by atoms with Crippen LogP contribution in [0.1, 0.15) is 23.6 Å². The monoisotopic (exact) mass is 586 g/mol. The highest BCUT2D eigenvalue weighted by Crippen LogP contribution is 2.39. The summed E-state index contributed by atoms with van der Waals surface area (Å²) in [5.74, 6) is 0.0622. The number of thioether (sulfide) groups is 1. The van der Waals surface area contributed by atoms with E-state index in [9.17, 15) is 24.1 Å². The van der Waals surface area contributed by atoms with Crippen molar-refractivity contribution in [3.05, 3.63) is 103 Å². The first kappa shape index (κ1) is 26.4. The van der Waals surface area contributed by atoms with E-state index >= 15 is 0 Å². The second kappa shape index (κ2) is 11.6. The minimum Gasteiger partial charge on any atom is -0.490 e. The van der Waals surface area contributed by atoms with Gasteiger partial charge in [-0.2, -0.15) is 0 Å².